The molecule has 0 aliphatic rings. The molecule has 0 aromatic rings. The average molecular weight is 709 g/mol. The lowest BCUT2D eigenvalue weighted by Crippen LogP contribution is -2.30. The van der Waals surface area contributed by atoms with Crippen LogP contribution in [0.2, 0.25) is 0 Å². The van der Waals surface area contributed by atoms with Crippen LogP contribution < -0.4 is 0 Å². The van der Waals surface area contributed by atoms with Gasteiger partial charge in [-0.2, -0.15) is 0 Å². The van der Waals surface area contributed by atoms with Gasteiger partial charge in [0.25, 0.3) is 0 Å². The van der Waals surface area contributed by atoms with E-state index >= 15 is 0 Å². The van der Waals surface area contributed by atoms with Gasteiger partial charge in [-0.25, -0.2) is 0 Å². The van der Waals surface area contributed by atoms with Crippen LogP contribution in [0.15, 0.2) is 0 Å². The molecule has 0 N–H and O–H groups in total. The molecule has 0 aromatic carbocycles. The van der Waals surface area contributed by atoms with E-state index in [0.717, 1.165) is 63.7 Å². The van der Waals surface area contributed by atoms with Crippen molar-refractivity contribution in [2.75, 3.05) is 13.2 Å². The van der Waals surface area contributed by atoms with Crippen LogP contribution in [-0.2, 0) is 28.6 Å². The molecule has 0 aliphatic carbocycles. The summed E-state index contributed by atoms with van der Waals surface area (Å²) in [6.07, 6.45) is 36.6. The Morgan fingerprint density at radius 3 is 0.980 bits per heavy atom. The summed E-state index contributed by atoms with van der Waals surface area (Å²) < 4.78 is 16.7. The molecule has 0 heterocycles. The minimum Gasteiger partial charge on any atom is -0.462 e. The molecule has 0 radical (unpaired) electrons. The van der Waals surface area contributed by atoms with E-state index in [1.807, 2.05) is 0 Å². The molecule has 0 rings (SSSR count). The molecule has 1 atom stereocenters. The Bertz CT molecular complexity index is 751. The fourth-order valence-corrected chi connectivity index (χ4v) is 6.45. The van der Waals surface area contributed by atoms with E-state index in [9.17, 15) is 14.4 Å². The van der Waals surface area contributed by atoms with Crippen LogP contribution >= 0.6 is 0 Å². The van der Waals surface area contributed by atoms with Crippen molar-refractivity contribution in [3.8, 4) is 0 Å². The molecule has 0 spiro atoms. The van der Waals surface area contributed by atoms with E-state index in [0.29, 0.717) is 19.3 Å². The van der Waals surface area contributed by atoms with Gasteiger partial charge in [0.05, 0.1) is 0 Å². The van der Waals surface area contributed by atoms with Crippen molar-refractivity contribution in [3.05, 3.63) is 0 Å². The maximum absolute atomic E-state index is 12.6. The van der Waals surface area contributed by atoms with Crippen molar-refractivity contribution in [2.24, 2.45) is 5.92 Å². The summed E-state index contributed by atoms with van der Waals surface area (Å²) in [5.74, 6) is -0.0422. The smallest absolute Gasteiger partial charge is 0.306 e. The molecule has 0 fully saturated rings. The fraction of sp³-hybridized carbons (Fsp3) is 0.932. The first-order chi connectivity index (χ1) is 24.4. The van der Waals surface area contributed by atoms with Crippen molar-refractivity contribution in [3.63, 3.8) is 0 Å². The second-order valence-corrected chi connectivity index (χ2v) is 15.5. The maximum Gasteiger partial charge on any atom is 0.306 e. The zero-order valence-electron chi connectivity index (χ0n) is 33.9. The van der Waals surface area contributed by atoms with Gasteiger partial charge in [-0.3, -0.25) is 14.4 Å². The molecule has 0 saturated heterocycles. The largest absolute Gasteiger partial charge is 0.462 e. The van der Waals surface area contributed by atoms with E-state index in [4.69, 9.17) is 14.2 Å². The van der Waals surface area contributed by atoms with Gasteiger partial charge >= 0.3 is 17.9 Å². The average Bonchev–Trinajstić information content (AvgIpc) is 3.09. The summed E-state index contributed by atoms with van der Waals surface area (Å²) in [4.78, 5) is 37.5. The minimum absolute atomic E-state index is 0.0644. The zero-order chi connectivity index (χ0) is 36.8. The quantitative estimate of drug-likeness (QED) is 0.0359. The Hall–Kier alpha value is -1.59. The van der Waals surface area contributed by atoms with Crippen LogP contribution in [0.1, 0.15) is 240 Å². The van der Waals surface area contributed by atoms with Crippen LogP contribution in [0.3, 0.4) is 0 Å². The molecule has 0 unspecified atom stereocenters. The summed E-state index contributed by atoms with van der Waals surface area (Å²) in [6, 6.07) is 0. The summed E-state index contributed by atoms with van der Waals surface area (Å²) in [6.45, 7) is 8.95. The van der Waals surface area contributed by atoms with Crippen LogP contribution in [0.5, 0.6) is 0 Å². The number of carbonyl (C=O) groups excluding carboxylic acids is 3. The highest BCUT2D eigenvalue weighted by atomic mass is 16.6. The predicted molar refractivity (Wildman–Crippen MR) is 210 cm³/mol. The number of ether oxygens (including phenoxy) is 3. The standard InChI is InChI=1S/C44H84O6/c1-5-7-9-11-13-15-20-23-27-31-35-42(45)48-38-41(50-44(47)37-33-29-25-18-14-12-10-8-6-2)39-49-43(46)36-32-28-24-21-17-16-19-22-26-30-34-40(3)4/h40-41H,5-39H2,1-4H3/t41-/m1/s1. The van der Waals surface area contributed by atoms with E-state index in [1.54, 1.807) is 0 Å². The highest BCUT2D eigenvalue weighted by Gasteiger charge is 2.19. The highest BCUT2D eigenvalue weighted by molar-refractivity contribution is 5.71. The van der Waals surface area contributed by atoms with Crippen molar-refractivity contribution in [1.29, 1.82) is 0 Å². The number of rotatable bonds is 39. The van der Waals surface area contributed by atoms with E-state index in [-0.39, 0.29) is 31.1 Å². The maximum atomic E-state index is 12.6. The fourth-order valence-electron chi connectivity index (χ4n) is 6.45. The van der Waals surface area contributed by atoms with Crippen molar-refractivity contribution in [1.82, 2.24) is 0 Å². The van der Waals surface area contributed by atoms with Gasteiger partial charge in [-0.1, -0.05) is 201 Å². The molecule has 0 saturated carbocycles. The summed E-state index contributed by atoms with van der Waals surface area (Å²) in [5.41, 5.74) is 0. The third-order valence-electron chi connectivity index (χ3n) is 9.79. The van der Waals surface area contributed by atoms with Crippen LogP contribution in [0.4, 0.5) is 0 Å². The lowest BCUT2D eigenvalue weighted by Gasteiger charge is -2.18. The Kier molecular flexibility index (Phi) is 37.4. The van der Waals surface area contributed by atoms with Crippen molar-refractivity contribution >= 4 is 17.9 Å². The predicted octanol–water partition coefficient (Wildman–Crippen LogP) is 13.6. The number of esters is 3. The molecule has 0 aliphatic heterocycles. The molecule has 6 nitrogen and oxygen atoms in total. The number of carbonyl (C=O) groups is 3. The summed E-state index contributed by atoms with van der Waals surface area (Å²) >= 11 is 0. The molecule has 0 bridgehead atoms. The Balaban J connectivity index is 4.30. The van der Waals surface area contributed by atoms with Gasteiger partial charge in [0.1, 0.15) is 13.2 Å². The first-order valence-corrected chi connectivity index (χ1v) is 21.9. The van der Waals surface area contributed by atoms with Crippen LogP contribution in [0.25, 0.3) is 0 Å². The Labute approximate surface area is 310 Å². The first kappa shape index (κ1) is 48.4. The molecular formula is C44H84O6. The third kappa shape index (κ3) is 37.7. The lowest BCUT2D eigenvalue weighted by atomic mass is 10.0. The normalized spacial score (nSPS) is 11.9. The van der Waals surface area contributed by atoms with E-state index < -0.39 is 6.10 Å². The van der Waals surface area contributed by atoms with Gasteiger partial charge in [0.2, 0.25) is 0 Å². The van der Waals surface area contributed by atoms with Crippen molar-refractivity contribution < 1.29 is 28.6 Å². The molecular weight excluding hydrogens is 624 g/mol. The summed E-state index contributed by atoms with van der Waals surface area (Å²) in [7, 11) is 0. The number of hydrogen-bond donors (Lipinski definition) is 0. The Morgan fingerprint density at radius 2 is 0.660 bits per heavy atom. The second-order valence-electron chi connectivity index (χ2n) is 15.5. The number of unbranched alkanes of at least 4 members (excludes halogenated alkanes) is 26. The minimum atomic E-state index is -0.757. The lowest BCUT2D eigenvalue weighted by molar-refractivity contribution is -0.167. The van der Waals surface area contributed by atoms with Crippen molar-refractivity contribution in [2.45, 2.75) is 246 Å². The Morgan fingerprint density at radius 1 is 0.380 bits per heavy atom. The molecule has 0 aromatic heterocycles. The molecule has 296 valence electrons. The topological polar surface area (TPSA) is 78.9 Å². The third-order valence-corrected chi connectivity index (χ3v) is 9.79. The van der Waals surface area contributed by atoms with Gasteiger partial charge in [-0.15, -0.1) is 0 Å². The molecule has 6 heteroatoms. The van der Waals surface area contributed by atoms with Gasteiger partial charge in [0.15, 0.2) is 6.10 Å². The monoisotopic (exact) mass is 709 g/mol. The highest BCUT2D eigenvalue weighted by Crippen LogP contribution is 2.16. The first-order valence-electron chi connectivity index (χ1n) is 21.9. The van der Waals surface area contributed by atoms with Gasteiger partial charge in [0, 0.05) is 19.3 Å². The van der Waals surface area contributed by atoms with E-state index in [1.165, 1.54) is 135 Å². The molecule has 50 heavy (non-hydrogen) atoms. The molecule has 0 amide bonds. The SMILES string of the molecule is CCCCCCCCCCCCC(=O)OC[C@H](COC(=O)CCCCCCCCCCCCC(C)C)OC(=O)CCCCCCCCCCC. The second kappa shape index (κ2) is 38.6. The van der Waals surface area contributed by atoms with Gasteiger partial charge in [-0.05, 0) is 25.2 Å². The number of hydrogen-bond acceptors (Lipinski definition) is 6. The van der Waals surface area contributed by atoms with Crippen LogP contribution in [-0.4, -0.2) is 37.2 Å². The van der Waals surface area contributed by atoms with Crippen LogP contribution in [0, 0.1) is 5.92 Å². The zero-order valence-corrected chi connectivity index (χ0v) is 33.9. The summed E-state index contributed by atoms with van der Waals surface area (Å²) in [5, 5.41) is 0. The van der Waals surface area contributed by atoms with E-state index in [2.05, 4.69) is 27.7 Å². The van der Waals surface area contributed by atoms with Gasteiger partial charge < -0.3 is 14.2 Å².